The minimum absolute atomic E-state index is 0.0707. The number of likely N-dealkylation sites (tertiary alicyclic amines) is 1. The van der Waals surface area contributed by atoms with Crippen LogP contribution >= 0.6 is 0 Å². The molecule has 1 atom stereocenters. The van der Waals surface area contributed by atoms with Crippen molar-refractivity contribution in [1.82, 2.24) is 4.90 Å². The smallest absolute Gasteiger partial charge is 0.396 e. The molecule has 1 N–H and O–H groups in total. The minimum atomic E-state index is -4.53. The van der Waals surface area contributed by atoms with Crippen molar-refractivity contribution in [3.05, 3.63) is 0 Å². The molecule has 0 aromatic rings. The Balaban J connectivity index is 2.20. The lowest BCUT2D eigenvalue weighted by Crippen LogP contribution is -2.28. The topological polar surface area (TPSA) is 32.7 Å². The number of rotatable bonds is 4. The molecule has 0 spiro atoms. The molecule has 1 unspecified atom stereocenters. The fraction of sp³-hybridized carbons (Fsp3) is 1.00. The molecule has 1 heterocycles. The summed E-state index contributed by atoms with van der Waals surface area (Å²) in [5.74, 6) is 0. The second kappa shape index (κ2) is 4.95. The number of hydrogen-bond donors (Lipinski definition) is 1. The van der Waals surface area contributed by atoms with E-state index in [9.17, 15) is 13.2 Å². The average molecular weight is 213 g/mol. The van der Waals surface area contributed by atoms with Crippen LogP contribution in [0, 0.1) is 0 Å². The van der Waals surface area contributed by atoms with Gasteiger partial charge in [0.05, 0.1) is 6.10 Å². The van der Waals surface area contributed by atoms with Crippen molar-refractivity contribution < 1.29 is 23.0 Å². The van der Waals surface area contributed by atoms with Crippen LogP contribution in [0.2, 0.25) is 0 Å². The second-order valence-corrected chi connectivity index (χ2v) is 3.35. The number of nitrogens with zero attached hydrogens (tertiary/aromatic N) is 1. The van der Waals surface area contributed by atoms with Crippen molar-refractivity contribution in [2.24, 2.45) is 0 Å². The van der Waals surface area contributed by atoms with Gasteiger partial charge < -0.3 is 10.0 Å². The van der Waals surface area contributed by atoms with E-state index in [2.05, 4.69) is 4.74 Å². The van der Waals surface area contributed by atoms with E-state index in [0.29, 0.717) is 32.5 Å². The van der Waals surface area contributed by atoms with Gasteiger partial charge in [-0.15, -0.1) is 13.2 Å². The molecule has 1 saturated heterocycles. The molecule has 0 radical (unpaired) electrons. The van der Waals surface area contributed by atoms with Crippen LogP contribution in [0.25, 0.3) is 0 Å². The van der Waals surface area contributed by atoms with Gasteiger partial charge >= 0.3 is 6.36 Å². The van der Waals surface area contributed by atoms with Gasteiger partial charge in [0.1, 0.15) is 0 Å². The number of halogens is 3. The van der Waals surface area contributed by atoms with Gasteiger partial charge in [-0.3, -0.25) is 4.74 Å². The zero-order chi connectivity index (χ0) is 10.6. The van der Waals surface area contributed by atoms with Crippen LogP contribution in [0.15, 0.2) is 0 Å². The van der Waals surface area contributed by atoms with Gasteiger partial charge in [-0.1, -0.05) is 0 Å². The number of alkyl halides is 3. The maximum absolute atomic E-state index is 11.8. The molecule has 0 aromatic carbocycles. The Labute approximate surface area is 80.5 Å². The first-order valence-corrected chi connectivity index (χ1v) is 4.59. The molecule has 84 valence electrons. The fourth-order valence-electron chi connectivity index (χ4n) is 1.58. The van der Waals surface area contributed by atoms with Gasteiger partial charge in [0.2, 0.25) is 0 Å². The van der Waals surface area contributed by atoms with E-state index in [1.54, 1.807) is 0 Å². The summed E-state index contributed by atoms with van der Waals surface area (Å²) in [7, 11) is 0. The van der Waals surface area contributed by atoms with E-state index >= 15 is 0 Å². The monoisotopic (exact) mass is 213 g/mol. The Hall–Kier alpha value is -0.330. The van der Waals surface area contributed by atoms with E-state index in [1.807, 2.05) is 4.90 Å². The highest BCUT2D eigenvalue weighted by Crippen LogP contribution is 2.23. The largest absolute Gasteiger partial charge is 0.522 e. The first-order valence-electron chi connectivity index (χ1n) is 4.59. The quantitative estimate of drug-likeness (QED) is 0.755. The highest BCUT2D eigenvalue weighted by molar-refractivity contribution is 4.76. The lowest BCUT2D eigenvalue weighted by atomic mass is 10.3. The zero-order valence-corrected chi connectivity index (χ0v) is 7.76. The van der Waals surface area contributed by atoms with Crippen LogP contribution in [0.5, 0.6) is 0 Å². The minimum Gasteiger partial charge on any atom is -0.396 e. The molecule has 1 aliphatic heterocycles. The standard InChI is InChI=1S/C8H14F3NO2/c9-8(10,11)14-7-2-4-12(6-7)3-1-5-13/h7,13H,1-6H2. The Kier molecular flexibility index (Phi) is 4.15. The molecular formula is C8H14F3NO2. The van der Waals surface area contributed by atoms with Gasteiger partial charge in [0, 0.05) is 26.2 Å². The van der Waals surface area contributed by atoms with Crippen molar-refractivity contribution in [2.45, 2.75) is 25.3 Å². The number of aliphatic hydroxyl groups is 1. The zero-order valence-electron chi connectivity index (χ0n) is 7.76. The van der Waals surface area contributed by atoms with Crippen molar-refractivity contribution in [1.29, 1.82) is 0 Å². The summed E-state index contributed by atoms with van der Waals surface area (Å²) in [4.78, 5) is 1.87. The summed E-state index contributed by atoms with van der Waals surface area (Å²) in [5, 5.41) is 8.54. The first-order chi connectivity index (χ1) is 6.51. The molecule has 14 heavy (non-hydrogen) atoms. The normalized spacial score (nSPS) is 24.4. The van der Waals surface area contributed by atoms with Crippen molar-refractivity contribution in [3.8, 4) is 0 Å². The molecule has 1 fully saturated rings. The lowest BCUT2D eigenvalue weighted by Gasteiger charge is -2.16. The molecule has 1 aliphatic rings. The Bertz CT molecular complexity index is 174. The van der Waals surface area contributed by atoms with Crippen LogP contribution in [-0.4, -0.2) is 48.7 Å². The highest BCUT2D eigenvalue weighted by Gasteiger charge is 2.36. The third-order valence-corrected chi connectivity index (χ3v) is 2.16. The molecule has 6 heteroatoms. The molecule has 0 bridgehead atoms. The van der Waals surface area contributed by atoms with Gasteiger partial charge in [-0.2, -0.15) is 0 Å². The summed E-state index contributed by atoms with van der Waals surface area (Å²) < 4.78 is 39.3. The maximum Gasteiger partial charge on any atom is 0.522 e. The average Bonchev–Trinajstić information content (AvgIpc) is 2.46. The van der Waals surface area contributed by atoms with Crippen LogP contribution in [0.4, 0.5) is 13.2 Å². The van der Waals surface area contributed by atoms with E-state index in [4.69, 9.17) is 5.11 Å². The van der Waals surface area contributed by atoms with Gasteiger partial charge in [0.25, 0.3) is 0 Å². The summed E-state index contributed by atoms with van der Waals surface area (Å²) in [6.07, 6.45) is -4.27. The summed E-state index contributed by atoms with van der Waals surface area (Å²) in [5.41, 5.74) is 0. The number of hydrogen-bond acceptors (Lipinski definition) is 3. The first kappa shape index (κ1) is 11.7. The highest BCUT2D eigenvalue weighted by atomic mass is 19.4. The second-order valence-electron chi connectivity index (χ2n) is 3.35. The summed E-state index contributed by atoms with van der Waals surface area (Å²) in [6, 6.07) is 0. The van der Waals surface area contributed by atoms with Crippen LogP contribution in [0.1, 0.15) is 12.8 Å². The lowest BCUT2D eigenvalue weighted by molar-refractivity contribution is -0.340. The summed E-state index contributed by atoms with van der Waals surface area (Å²) in [6.45, 7) is 1.62. The SMILES string of the molecule is OCCCN1CCC(OC(F)(F)F)C1. The third-order valence-electron chi connectivity index (χ3n) is 2.16. The third kappa shape index (κ3) is 4.26. The van der Waals surface area contributed by atoms with Crippen LogP contribution in [0.3, 0.4) is 0 Å². The number of aliphatic hydroxyl groups excluding tert-OH is 1. The molecule has 0 saturated carbocycles. The van der Waals surface area contributed by atoms with E-state index in [-0.39, 0.29) is 6.61 Å². The molecule has 3 nitrogen and oxygen atoms in total. The van der Waals surface area contributed by atoms with Gasteiger partial charge in [0.15, 0.2) is 0 Å². The van der Waals surface area contributed by atoms with Crippen molar-refractivity contribution in [2.75, 3.05) is 26.2 Å². The summed E-state index contributed by atoms with van der Waals surface area (Å²) >= 11 is 0. The molecular weight excluding hydrogens is 199 g/mol. The van der Waals surface area contributed by atoms with Crippen LogP contribution in [-0.2, 0) is 4.74 Å². The molecule has 0 amide bonds. The van der Waals surface area contributed by atoms with E-state index in [0.717, 1.165) is 0 Å². The molecule has 0 aromatic heterocycles. The van der Waals surface area contributed by atoms with E-state index < -0.39 is 12.5 Å². The predicted octanol–water partition coefficient (Wildman–Crippen LogP) is 0.980. The van der Waals surface area contributed by atoms with Crippen LogP contribution < -0.4 is 0 Å². The maximum atomic E-state index is 11.8. The molecule has 1 rings (SSSR count). The Morgan fingerprint density at radius 3 is 2.71 bits per heavy atom. The van der Waals surface area contributed by atoms with Gasteiger partial charge in [-0.25, -0.2) is 0 Å². The molecule has 0 aliphatic carbocycles. The predicted molar refractivity (Wildman–Crippen MR) is 43.7 cm³/mol. The Morgan fingerprint density at radius 2 is 2.14 bits per heavy atom. The van der Waals surface area contributed by atoms with Crippen molar-refractivity contribution in [3.63, 3.8) is 0 Å². The van der Waals surface area contributed by atoms with E-state index in [1.165, 1.54) is 0 Å². The fourth-order valence-corrected chi connectivity index (χ4v) is 1.58. The van der Waals surface area contributed by atoms with Gasteiger partial charge in [-0.05, 0) is 12.8 Å². The Morgan fingerprint density at radius 1 is 1.43 bits per heavy atom. The van der Waals surface area contributed by atoms with Crippen molar-refractivity contribution >= 4 is 0 Å². The number of ether oxygens (including phenoxy) is 1.